The maximum absolute atomic E-state index is 13.0. The van der Waals surface area contributed by atoms with Crippen LogP contribution in [0.4, 0.5) is 4.39 Å². The summed E-state index contributed by atoms with van der Waals surface area (Å²) in [5.74, 6) is -0.140. The lowest BCUT2D eigenvalue weighted by atomic mass is 9.68. The molecule has 1 atom stereocenters. The monoisotopic (exact) mass is 203 g/mol. The Hall–Kier alpha value is -1.15. The minimum absolute atomic E-state index is 0.140. The van der Waals surface area contributed by atoms with Gasteiger partial charge in [0.05, 0.1) is 0 Å². The fourth-order valence-electron chi connectivity index (χ4n) is 2.63. The summed E-state index contributed by atoms with van der Waals surface area (Å²) >= 11 is 0. The topological polar surface area (TPSA) is 12.0 Å². The molecule has 1 spiro atoms. The summed E-state index contributed by atoms with van der Waals surface area (Å²) in [4.78, 5) is 0. The van der Waals surface area contributed by atoms with Gasteiger partial charge in [0.1, 0.15) is 5.82 Å². The highest BCUT2D eigenvalue weighted by molar-refractivity contribution is 5.72. The van der Waals surface area contributed by atoms with Crippen LogP contribution in [0.5, 0.6) is 0 Å². The molecule has 0 aromatic heterocycles. The van der Waals surface area contributed by atoms with Crippen LogP contribution >= 0.6 is 0 Å². The zero-order valence-corrected chi connectivity index (χ0v) is 8.59. The SMILES string of the molecule is Fc1cccc(C2=CC3(CCNC3)C2)c1. The Bertz CT molecular complexity index is 416. The number of rotatable bonds is 1. The first-order valence-corrected chi connectivity index (χ1v) is 5.46. The second-order valence-corrected chi connectivity index (χ2v) is 4.65. The molecule has 1 saturated heterocycles. The Morgan fingerprint density at radius 3 is 2.87 bits per heavy atom. The number of allylic oxidation sites excluding steroid dienone is 1. The molecular formula is C13H14FN. The van der Waals surface area contributed by atoms with E-state index in [1.54, 1.807) is 12.1 Å². The molecule has 1 N–H and O–H groups in total. The van der Waals surface area contributed by atoms with Crippen molar-refractivity contribution in [1.82, 2.24) is 5.32 Å². The predicted octanol–water partition coefficient (Wildman–Crippen LogP) is 2.59. The maximum atomic E-state index is 13.0. The second-order valence-electron chi connectivity index (χ2n) is 4.65. The summed E-state index contributed by atoms with van der Waals surface area (Å²) in [6, 6.07) is 6.89. The van der Waals surface area contributed by atoms with Crippen molar-refractivity contribution in [1.29, 1.82) is 0 Å². The van der Waals surface area contributed by atoms with Gasteiger partial charge < -0.3 is 5.32 Å². The van der Waals surface area contributed by atoms with Crippen LogP contribution < -0.4 is 5.32 Å². The van der Waals surface area contributed by atoms with Crippen LogP contribution in [0.25, 0.3) is 5.57 Å². The third-order valence-corrected chi connectivity index (χ3v) is 3.50. The molecule has 1 aromatic carbocycles. The van der Waals surface area contributed by atoms with Gasteiger partial charge in [0.2, 0.25) is 0 Å². The van der Waals surface area contributed by atoms with Gasteiger partial charge in [0, 0.05) is 12.0 Å². The van der Waals surface area contributed by atoms with E-state index in [1.807, 2.05) is 6.07 Å². The quantitative estimate of drug-likeness (QED) is 0.739. The van der Waals surface area contributed by atoms with Crippen LogP contribution in [-0.2, 0) is 0 Å². The average molecular weight is 203 g/mol. The third-order valence-electron chi connectivity index (χ3n) is 3.50. The third kappa shape index (κ3) is 1.49. The summed E-state index contributed by atoms with van der Waals surface area (Å²) in [5.41, 5.74) is 2.74. The minimum atomic E-state index is -0.140. The van der Waals surface area contributed by atoms with E-state index in [-0.39, 0.29) is 5.82 Å². The van der Waals surface area contributed by atoms with Gasteiger partial charge in [-0.1, -0.05) is 18.2 Å². The van der Waals surface area contributed by atoms with E-state index in [0.29, 0.717) is 5.41 Å². The smallest absolute Gasteiger partial charge is 0.123 e. The molecule has 0 amide bonds. The van der Waals surface area contributed by atoms with Crippen molar-refractivity contribution in [3.05, 3.63) is 41.7 Å². The Morgan fingerprint density at radius 1 is 1.33 bits per heavy atom. The minimum Gasteiger partial charge on any atom is -0.316 e. The number of halogens is 1. The normalized spacial score (nSPS) is 29.0. The first-order chi connectivity index (χ1) is 7.27. The fraction of sp³-hybridized carbons (Fsp3) is 0.385. The van der Waals surface area contributed by atoms with Crippen molar-refractivity contribution in [2.45, 2.75) is 12.8 Å². The second kappa shape index (κ2) is 3.17. The predicted molar refractivity (Wildman–Crippen MR) is 58.9 cm³/mol. The number of benzene rings is 1. The molecule has 15 heavy (non-hydrogen) atoms. The van der Waals surface area contributed by atoms with E-state index >= 15 is 0 Å². The van der Waals surface area contributed by atoms with Crippen molar-refractivity contribution in [3.8, 4) is 0 Å². The Balaban J connectivity index is 1.86. The molecule has 0 radical (unpaired) electrons. The van der Waals surface area contributed by atoms with Gasteiger partial charge >= 0.3 is 0 Å². The van der Waals surface area contributed by atoms with Crippen LogP contribution in [0.3, 0.4) is 0 Å². The van der Waals surface area contributed by atoms with E-state index in [0.717, 1.165) is 25.1 Å². The molecular weight excluding hydrogens is 189 g/mol. The molecule has 1 aliphatic carbocycles. The van der Waals surface area contributed by atoms with Crippen molar-refractivity contribution in [3.63, 3.8) is 0 Å². The first-order valence-electron chi connectivity index (χ1n) is 5.46. The molecule has 1 nitrogen and oxygen atoms in total. The van der Waals surface area contributed by atoms with Crippen LogP contribution in [-0.4, -0.2) is 13.1 Å². The summed E-state index contributed by atoms with van der Waals surface area (Å²) < 4.78 is 13.0. The van der Waals surface area contributed by atoms with Gasteiger partial charge in [-0.05, 0) is 42.7 Å². The highest BCUT2D eigenvalue weighted by atomic mass is 19.1. The van der Waals surface area contributed by atoms with Crippen LogP contribution in [0.15, 0.2) is 30.3 Å². The van der Waals surface area contributed by atoms with Gasteiger partial charge in [0.25, 0.3) is 0 Å². The Labute approximate surface area is 89.0 Å². The van der Waals surface area contributed by atoms with E-state index in [9.17, 15) is 4.39 Å². The van der Waals surface area contributed by atoms with Crippen LogP contribution in [0.2, 0.25) is 0 Å². The molecule has 3 rings (SSSR count). The molecule has 2 aliphatic rings. The van der Waals surface area contributed by atoms with Crippen molar-refractivity contribution in [2.24, 2.45) is 5.41 Å². The molecule has 0 bridgehead atoms. The van der Waals surface area contributed by atoms with Gasteiger partial charge in [0.15, 0.2) is 0 Å². The van der Waals surface area contributed by atoms with Gasteiger partial charge in [-0.15, -0.1) is 0 Å². The molecule has 78 valence electrons. The van der Waals surface area contributed by atoms with Gasteiger partial charge in [-0.2, -0.15) is 0 Å². The van der Waals surface area contributed by atoms with Crippen molar-refractivity contribution >= 4 is 5.57 Å². The lowest BCUT2D eigenvalue weighted by Gasteiger charge is -2.36. The Morgan fingerprint density at radius 2 is 2.20 bits per heavy atom. The molecule has 0 saturated carbocycles. The Kier molecular flexibility index (Phi) is 1.93. The van der Waals surface area contributed by atoms with Crippen molar-refractivity contribution in [2.75, 3.05) is 13.1 Å². The maximum Gasteiger partial charge on any atom is 0.123 e. The van der Waals surface area contributed by atoms with E-state index in [4.69, 9.17) is 0 Å². The summed E-state index contributed by atoms with van der Waals surface area (Å²) in [7, 11) is 0. The number of hydrogen-bond acceptors (Lipinski definition) is 1. The summed E-state index contributed by atoms with van der Waals surface area (Å²) in [5, 5.41) is 3.38. The molecule has 2 heteroatoms. The van der Waals surface area contributed by atoms with Gasteiger partial charge in [-0.3, -0.25) is 0 Å². The highest BCUT2D eigenvalue weighted by Gasteiger charge is 2.39. The summed E-state index contributed by atoms with van der Waals surface area (Å²) in [6.45, 7) is 2.21. The summed E-state index contributed by atoms with van der Waals surface area (Å²) in [6.07, 6.45) is 4.65. The molecule has 1 fully saturated rings. The van der Waals surface area contributed by atoms with E-state index in [1.165, 1.54) is 18.1 Å². The molecule has 1 unspecified atom stereocenters. The zero-order chi connectivity index (χ0) is 10.3. The zero-order valence-electron chi connectivity index (χ0n) is 8.59. The largest absolute Gasteiger partial charge is 0.316 e. The van der Waals surface area contributed by atoms with Crippen LogP contribution in [0, 0.1) is 11.2 Å². The molecule has 1 aromatic rings. The average Bonchev–Trinajstić information content (AvgIpc) is 2.64. The number of hydrogen-bond donors (Lipinski definition) is 1. The van der Waals surface area contributed by atoms with Crippen LogP contribution in [0.1, 0.15) is 18.4 Å². The number of nitrogens with one attached hydrogen (secondary N) is 1. The lowest BCUT2D eigenvalue weighted by molar-refractivity contribution is 0.405. The highest BCUT2D eigenvalue weighted by Crippen LogP contribution is 2.47. The van der Waals surface area contributed by atoms with Crippen molar-refractivity contribution < 1.29 is 4.39 Å². The lowest BCUT2D eigenvalue weighted by Crippen LogP contribution is -2.28. The molecule has 1 heterocycles. The van der Waals surface area contributed by atoms with E-state index < -0.39 is 0 Å². The first kappa shape index (κ1) is 9.10. The van der Waals surface area contributed by atoms with E-state index in [2.05, 4.69) is 11.4 Å². The molecule has 1 aliphatic heterocycles. The van der Waals surface area contributed by atoms with Gasteiger partial charge in [-0.25, -0.2) is 4.39 Å². The fourth-order valence-corrected chi connectivity index (χ4v) is 2.63. The standard InChI is InChI=1S/C13H14FN/c14-12-3-1-2-10(6-12)11-7-13(8-11)4-5-15-9-13/h1-3,6-7,15H,4-5,8-9H2.